The molecule has 1 aliphatic rings. The molecule has 200 valence electrons. The lowest BCUT2D eigenvalue weighted by Gasteiger charge is -2.33. The van der Waals surface area contributed by atoms with Crippen LogP contribution in [0.1, 0.15) is 41.8 Å². The zero-order valence-corrected chi connectivity index (χ0v) is 21.2. The normalized spacial score (nSPS) is 16.2. The molecule has 3 aromatic rings. The summed E-state index contributed by atoms with van der Waals surface area (Å²) in [6, 6.07) is 4.36. The van der Waals surface area contributed by atoms with Gasteiger partial charge in [-0.1, -0.05) is 0 Å². The molecule has 37 heavy (non-hydrogen) atoms. The molecule has 0 bridgehead atoms. The summed E-state index contributed by atoms with van der Waals surface area (Å²) >= 11 is 0. The third-order valence-electron chi connectivity index (χ3n) is 6.11. The molecule has 0 radical (unpaired) electrons. The van der Waals surface area contributed by atoms with E-state index >= 15 is 0 Å². The summed E-state index contributed by atoms with van der Waals surface area (Å²) in [4.78, 5) is 22.9. The average molecular weight is 542 g/mol. The highest BCUT2D eigenvalue weighted by Gasteiger charge is 2.34. The van der Waals surface area contributed by atoms with E-state index < -0.39 is 33.8 Å². The highest BCUT2D eigenvalue weighted by Crippen LogP contribution is 2.37. The minimum Gasteiger partial charge on any atom is -0.494 e. The van der Waals surface area contributed by atoms with Crippen molar-refractivity contribution in [2.24, 2.45) is 5.73 Å². The fourth-order valence-electron chi connectivity index (χ4n) is 4.11. The Morgan fingerprint density at radius 1 is 1.16 bits per heavy atom. The van der Waals surface area contributed by atoms with Crippen LogP contribution in [-0.2, 0) is 16.2 Å². The molecule has 1 amide bonds. The number of hydrogen-bond donors (Lipinski definition) is 1. The summed E-state index contributed by atoms with van der Waals surface area (Å²) in [6.07, 6.45) is -4.65. The third kappa shape index (κ3) is 5.13. The van der Waals surface area contributed by atoms with Gasteiger partial charge in [-0.3, -0.25) is 4.79 Å². The minimum absolute atomic E-state index is 0.0166. The van der Waals surface area contributed by atoms with Crippen molar-refractivity contribution in [3.63, 3.8) is 0 Å². The van der Waals surface area contributed by atoms with Gasteiger partial charge in [0.25, 0.3) is 5.91 Å². The van der Waals surface area contributed by atoms with Gasteiger partial charge in [-0.15, -0.1) is 0 Å². The lowest BCUT2D eigenvalue weighted by molar-refractivity contribution is -0.140. The number of carbonyl (C=O) groups excluding carboxylic acids is 1. The number of piperazine rings is 1. The summed E-state index contributed by atoms with van der Waals surface area (Å²) in [6.45, 7) is 3.78. The van der Waals surface area contributed by atoms with Crippen LogP contribution in [0.5, 0.6) is 5.75 Å². The molecule has 1 saturated heterocycles. The van der Waals surface area contributed by atoms with Crippen molar-refractivity contribution in [2.45, 2.75) is 26.1 Å². The number of alkyl halides is 3. The van der Waals surface area contributed by atoms with Crippen molar-refractivity contribution in [1.82, 2.24) is 19.2 Å². The van der Waals surface area contributed by atoms with Gasteiger partial charge in [0.15, 0.2) is 11.5 Å². The molecule has 2 N–H and O–H groups in total. The van der Waals surface area contributed by atoms with Crippen LogP contribution in [0.2, 0.25) is 0 Å². The molecule has 14 heteroatoms. The molecule has 0 unspecified atom stereocenters. The number of sulfonamides is 1. The Bertz CT molecular complexity index is 1430. The number of nitrogens with zero attached hydrogens (tertiary/aromatic N) is 4. The molecular weight excluding hydrogens is 515 g/mol. The molecule has 0 spiro atoms. The Morgan fingerprint density at radius 2 is 1.84 bits per heavy atom. The molecule has 10 nitrogen and oxygen atoms in total. The van der Waals surface area contributed by atoms with Crippen LogP contribution in [0.25, 0.3) is 22.4 Å². The number of rotatable bonds is 6. The number of ether oxygens (including phenoxy) is 1. The van der Waals surface area contributed by atoms with Crippen LogP contribution in [0.4, 0.5) is 13.2 Å². The zero-order chi connectivity index (χ0) is 27.1. The van der Waals surface area contributed by atoms with Gasteiger partial charge in [-0.2, -0.15) is 17.5 Å². The maximum absolute atomic E-state index is 13.3. The van der Waals surface area contributed by atoms with Gasteiger partial charge in [0.05, 0.1) is 18.9 Å². The highest BCUT2D eigenvalue weighted by molar-refractivity contribution is 7.89. The number of benzene rings is 1. The Balaban J connectivity index is 1.72. The number of methoxy groups -OCH3 is 1. The summed E-state index contributed by atoms with van der Waals surface area (Å²) in [7, 11) is -2.06. The summed E-state index contributed by atoms with van der Waals surface area (Å²) in [5.41, 5.74) is 5.18. The number of aromatic nitrogens is 2. The van der Waals surface area contributed by atoms with Crippen LogP contribution >= 0.6 is 0 Å². The maximum Gasteiger partial charge on any atom is 0.433 e. The first kappa shape index (κ1) is 26.8. The number of fused-ring (bicyclic) bond motifs is 1. The van der Waals surface area contributed by atoms with E-state index in [1.807, 2.05) is 0 Å². The van der Waals surface area contributed by atoms with E-state index in [4.69, 9.17) is 14.9 Å². The van der Waals surface area contributed by atoms with E-state index in [1.165, 1.54) is 28.4 Å². The lowest BCUT2D eigenvalue weighted by Crippen LogP contribution is -2.51. The highest BCUT2D eigenvalue weighted by atomic mass is 32.2. The Labute approximate surface area is 211 Å². The molecule has 4 rings (SSSR count). The van der Waals surface area contributed by atoms with Crippen molar-refractivity contribution in [2.75, 3.05) is 39.0 Å². The minimum atomic E-state index is -4.65. The predicted octanol–water partition coefficient (Wildman–Crippen LogP) is 3.04. The first-order chi connectivity index (χ1) is 17.4. The van der Waals surface area contributed by atoms with Gasteiger partial charge in [0.1, 0.15) is 17.0 Å². The molecule has 0 saturated carbocycles. The van der Waals surface area contributed by atoms with Crippen LogP contribution in [0.3, 0.4) is 0 Å². The van der Waals surface area contributed by atoms with Gasteiger partial charge in [-0.25, -0.2) is 18.4 Å². The second-order valence-electron chi connectivity index (χ2n) is 8.52. The lowest BCUT2D eigenvalue weighted by atomic mass is 10.1. The molecule has 1 fully saturated rings. The Kier molecular flexibility index (Phi) is 7.18. The van der Waals surface area contributed by atoms with Crippen LogP contribution in [-0.4, -0.2) is 72.5 Å². The van der Waals surface area contributed by atoms with Gasteiger partial charge in [0.2, 0.25) is 15.9 Å². The van der Waals surface area contributed by atoms with Crippen molar-refractivity contribution in [3.05, 3.63) is 41.4 Å². The fourth-order valence-corrected chi connectivity index (χ4v) is 5.20. The number of oxazole rings is 1. The van der Waals surface area contributed by atoms with Crippen LogP contribution in [0.15, 0.2) is 28.7 Å². The molecule has 1 atom stereocenters. The van der Waals surface area contributed by atoms with Crippen molar-refractivity contribution in [1.29, 1.82) is 0 Å². The number of hydrogen-bond acceptors (Lipinski definition) is 8. The van der Waals surface area contributed by atoms with E-state index in [2.05, 4.69) is 9.97 Å². The molecule has 1 aliphatic heterocycles. The maximum atomic E-state index is 13.3. The average Bonchev–Trinajstić information content (AvgIpc) is 3.32. The van der Waals surface area contributed by atoms with Gasteiger partial charge in [-0.05, 0) is 38.1 Å². The number of pyridine rings is 1. The summed E-state index contributed by atoms with van der Waals surface area (Å²) in [5.74, 6) is -0.298. The SMILES string of the molecule is CCS(=O)(=O)N1CCN(C(=O)c2nc(-c3ccc(OC)c4nc(C(F)(F)F)ccc34)oc2[C@H](C)N)CC1. The fraction of sp³-hybridized carbons (Fsp3) is 0.435. The second kappa shape index (κ2) is 9.91. The Morgan fingerprint density at radius 3 is 2.41 bits per heavy atom. The monoisotopic (exact) mass is 541 g/mol. The largest absolute Gasteiger partial charge is 0.494 e. The quantitative estimate of drug-likeness (QED) is 0.504. The van der Waals surface area contributed by atoms with E-state index in [0.717, 1.165) is 6.07 Å². The topological polar surface area (TPSA) is 132 Å². The smallest absolute Gasteiger partial charge is 0.433 e. The number of halogens is 3. The van der Waals surface area contributed by atoms with E-state index in [-0.39, 0.29) is 65.9 Å². The van der Waals surface area contributed by atoms with Crippen molar-refractivity contribution >= 4 is 26.8 Å². The number of carbonyl (C=O) groups is 1. The van der Waals surface area contributed by atoms with Crippen molar-refractivity contribution in [3.8, 4) is 17.2 Å². The van der Waals surface area contributed by atoms with E-state index in [0.29, 0.717) is 5.56 Å². The van der Waals surface area contributed by atoms with E-state index in [9.17, 15) is 26.4 Å². The van der Waals surface area contributed by atoms with E-state index in [1.54, 1.807) is 19.9 Å². The van der Waals surface area contributed by atoms with Crippen LogP contribution < -0.4 is 10.5 Å². The number of nitrogens with two attached hydrogens (primary N) is 1. The van der Waals surface area contributed by atoms with Gasteiger partial charge >= 0.3 is 6.18 Å². The molecule has 3 heterocycles. The molecular formula is C23H26F3N5O5S. The van der Waals surface area contributed by atoms with Gasteiger partial charge in [0, 0.05) is 37.1 Å². The van der Waals surface area contributed by atoms with Crippen LogP contribution in [0, 0.1) is 0 Å². The summed E-state index contributed by atoms with van der Waals surface area (Å²) < 4.78 is 76.5. The third-order valence-corrected chi connectivity index (χ3v) is 8.00. The summed E-state index contributed by atoms with van der Waals surface area (Å²) in [5, 5.41) is 0.280. The molecule has 0 aliphatic carbocycles. The number of amides is 1. The zero-order valence-electron chi connectivity index (χ0n) is 20.4. The van der Waals surface area contributed by atoms with Gasteiger partial charge < -0.3 is 19.8 Å². The van der Waals surface area contributed by atoms with Crippen molar-refractivity contribution < 1.29 is 35.5 Å². The Hall–Kier alpha value is -3.23. The predicted molar refractivity (Wildman–Crippen MR) is 128 cm³/mol. The molecule has 2 aromatic heterocycles. The first-order valence-corrected chi connectivity index (χ1v) is 13.1. The molecule has 1 aromatic carbocycles. The first-order valence-electron chi connectivity index (χ1n) is 11.5. The second-order valence-corrected chi connectivity index (χ2v) is 10.8. The standard InChI is InChI=1S/C23H26F3N5O5S/c1-4-37(33,34)31-11-9-30(10-12-31)22(32)19-20(13(2)27)36-21(29-19)15-5-7-16(35-3)18-14(15)6-8-17(28-18)23(24,25)26/h5-8,13H,4,9-12,27H2,1-3H3/t13-/m0/s1.